The molecule has 0 atom stereocenters. The van der Waals surface area contributed by atoms with Crippen LogP contribution in [0.2, 0.25) is 0 Å². The second-order valence-electron chi connectivity index (χ2n) is 4.49. The normalized spacial score (nSPS) is 10.3. The molecule has 3 rings (SSSR count). The summed E-state index contributed by atoms with van der Waals surface area (Å²) in [5.74, 6) is -0.128. The lowest BCUT2D eigenvalue weighted by Gasteiger charge is -2.02. The molecule has 5 heteroatoms. The molecule has 0 aliphatic rings. The minimum absolute atomic E-state index is 0.128. The number of amides is 1. The zero-order valence-corrected chi connectivity index (χ0v) is 12.2. The number of nitrogens with one attached hydrogen (secondary N) is 1. The monoisotopic (exact) mass is 295 g/mol. The average molecular weight is 295 g/mol. The van der Waals surface area contributed by atoms with Crippen molar-refractivity contribution < 1.29 is 4.79 Å². The molecule has 2 heterocycles. The quantitative estimate of drug-likeness (QED) is 0.800. The third-order valence-electron chi connectivity index (χ3n) is 2.96. The Labute approximate surface area is 126 Å². The molecular formula is C16H13N3OS. The number of carbonyl (C=O) groups is 1. The highest BCUT2D eigenvalue weighted by Gasteiger charge is 2.16. The summed E-state index contributed by atoms with van der Waals surface area (Å²) in [6, 6.07) is 13.2. The molecule has 0 aliphatic carbocycles. The largest absolute Gasteiger partial charge is 0.321 e. The molecular weight excluding hydrogens is 282 g/mol. The molecule has 21 heavy (non-hydrogen) atoms. The minimum Gasteiger partial charge on any atom is -0.321 e. The van der Waals surface area contributed by atoms with Crippen LogP contribution in [0.25, 0.3) is 10.6 Å². The van der Waals surface area contributed by atoms with Gasteiger partial charge in [-0.1, -0.05) is 18.2 Å². The van der Waals surface area contributed by atoms with Crippen molar-refractivity contribution in [2.45, 2.75) is 6.92 Å². The van der Waals surface area contributed by atoms with Gasteiger partial charge in [0.2, 0.25) is 0 Å². The molecule has 2 aromatic heterocycles. The van der Waals surface area contributed by atoms with Crippen LogP contribution < -0.4 is 5.32 Å². The molecule has 0 saturated carbocycles. The standard InChI is InChI=1S/C16H13N3OS/c1-11-14(15(20)19-13-5-3-2-4-6-13)21-16(18-11)12-7-9-17-10-8-12/h2-10H,1H3,(H,19,20). The summed E-state index contributed by atoms with van der Waals surface area (Å²) in [7, 11) is 0. The van der Waals surface area contributed by atoms with Gasteiger partial charge in [-0.15, -0.1) is 11.3 Å². The van der Waals surface area contributed by atoms with E-state index in [9.17, 15) is 4.79 Å². The van der Waals surface area contributed by atoms with E-state index < -0.39 is 0 Å². The molecule has 0 radical (unpaired) electrons. The van der Waals surface area contributed by atoms with E-state index in [0.29, 0.717) is 4.88 Å². The summed E-state index contributed by atoms with van der Waals surface area (Å²) in [6.07, 6.45) is 3.44. The molecule has 4 nitrogen and oxygen atoms in total. The number of aromatic nitrogens is 2. The highest BCUT2D eigenvalue weighted by atomic mass is 32.1. The molecule has 0 unspecified atom stereocenters. The van der Waals surface area contributed by atoms with E-state index in [2.05, 4.69) is 15.3 Å². The van der Waals surface area contributed by atoms with E-state index in [1.54, 1.807) is 12.4 Å². The van der Waals surface area contributed by atoms with Gasteiger partial charge in [0.05, 0.1) is 5.69 Å². The summed E-state index contributed by atoms with van der Waals surface area (Å²) in [6.45, 7) is 1.85. The lowest BCUT2D eigenvalue weighted by Crippen LogP contribution is -2.11. The predicted molar refractivity (Wildman–Crippen MR) is 84.5 cm³/mol. The molecule has 0 fully saturated rings. The Balaban J connectivity index is 1.86. The van der Waals surface area contributed by atoms with Crippen molar-refractivity contribution in [1.82, 2.24) is 9.97 Å². The van der Waals surface area contributed by atoms with E-state index in [0.717, 1.165) is 22.0 Å². The van der Waals surface area contributed by atoms with E-state index in [4.69, 9.17) is 0 Å². The number of thiazole rings is 1. The Morgan fingerprint density at radius 3 is 2.52 bits per heavy atom. The van der Waals surface area contributed by atoms with Crippen molar-refractivity contribution in [2.24, 2.45) is 0 Å². The van der Waals surface area contributed by atoms with Gasteiger partial charge in [-0.2, -0.15) is 0 Å². The first-order valence-corrected chi connectivity index (χ1v) is 7.30. The number of carbonyl (C=O) groups excluding carboxylic acids is 1. The van der Waals surface area contributed by atoms with Crippen LogP contribution in [0.5, 0.6) is 0 Å². The molecule has 0 bridgehead atoms. The Kier molecular flexibility index (Phi) is 3.75. The Bertz CT molecular complexity index is 754. The molecule has 104 valence electrons. The van der Waals surface area contributed by atoms with Gasteiger partial charge in [-0.3, -0.25) is 9.78 Å². The molecule has 1 amide bonds. The predicted octanol–water partition coefficient (Wildman–Crippen LogP) is 3.77. The van der Waals surface area contributed by atoms with Gasteiger partial charge in [-0.05, 0) is 31.2 Å². The number of hydrogen-bond acceptors (Lipinski definition) is 4. The van der Waals surface area contributed by atoms with Gasteiger partial charge in [0, 0.05) is 23.6 Å². The van der Waals surface area contributed by atoms with Crippen LogP contribution >= 0.6 is 11.3 Å². The summed E-state index contributed by atoms with van der Waals surface area (Å²) >= 11 is 1.39. The fraction of sp³-hybridized carbons (Fsp3) is 0.0625. The molecule has 1 aromatic carbocycles. The third-order valence-corrected chi connectivity index (χ3v) is 4.17. The maximum atomic E-state index is 12.3. The number of pyridine rings is 1. The Morgan fingerprint density at radius 2 is 1.81 bits per heavy atom. The number of anilines is 1. The van der Waals surface area contributed by atoms with Crippen LogP contribution in [0.1, 0.15) is 15.4 Å². The van der Waals surface area contributed by atoms with Crippen LogP contribution in [0.15, 0.2) is 54.9 Å². The fourth-order valence-electron chi connectivity index (χ4n) is 1.93. The topological polar surface area (TPSA) is 54.9 Å². The molecule has 0 saturated heterocycles. The van der Waals surface area contributed by atoms with Crippen molar-refractivity contribution in [1.29, 1.82) is 0 Å². The minimum atomic E-state index is -0.128. The number of para-hydroxylation sites is 1. The van der Waals surface area contributed by atoms with Crippen molar-refractivity contribution >= 4 is 22.9 Å². The van der Waals surface area contributed by atoms with Gasteiger partial charge in [0.1, 0.15) is 9.88 Å². The van der Waals surface area contributed by atoms with Crippen LogP contribution in [0.3, 0.4) is 0 Å². The van der Waals surface area contributed by atoms with E-state index in [-0.39, 0.29) is 5.91 Å². The lowest BCUT2D eigenvalue weighted by molar-refractivity contribution is 0.103. The van der Waals surface area contributed by atoms with Crippen molar-refractivity contribution in [3.63, 3.8) is 0 Å². The first-order valence-electron chi connectivity index (χ1n) is 6.48. The number of hydrogen-bond donors (Lipinski definition) is 1. The van der Waals surface area contributed by atoms with Gasteiger partial charge in [0.15, 0.2) is 0 Å². The summed E-state index contributed by atoms with van der Waals surface area (Å²) in [5.41, 5.74) is 2.48. The fourth-order valence-corrected chi connectivity index (χ4v) is 2.90. The molecule has 0 spiro atoms. The van der Waals surface area contributed by atoms with Gasteiger partial charge >= 0.3 is 0 Å². The zero-order valence-electron chi connectivity index (χ0n) is 11.4. The number of aryl methyl sites for hydroxylation is 1. The van der Waals surface area contributed by atoms with Gasteiger partial charge < -0.3 is 5.32 Å². The third kappa shape index (κ3) is 2.98. The van der Waals surface area contributed by atoms with Gasteiger partial charge in [-0.25, -0.2) is 4.98 Å². The highest BCUT2D eigenvalue weighted by Crippen LogP contribution is 2.28. The van der Waals surface area contributed by atoms with E-state index >= 15 is 0 Å². The van der Waals surface area contributed by atoms with Crippen LogP contribution in [-0.4, -0.2) is 15.9 Å². The van der Waals surface area contributed by atoms with Crippen LogP contribution in [-0.2, 0) is 0 Å². The van der Waals surface area contributed by atoms with E-state index in [1.807, 2.05) is 49.4 Å². The zero-order chi connectivity index (χ0) is 14.7. The smallest absolute Gasteiger partial charge is 0.267 e. The number of nitrogens with zero attached hydrogens (tertiary/aromatic N) is 2. The molecule has 0 aliphatic heterocycles. The van der Waals surface area contributed by atoms with E-state index in [1.165, 1.54) is 11.3 Å². The SMILES string of the molecule is Cc1nc(-c2ccncc2)sc1C(=O)Nc1ccccc1. The van der Waals surface area contributed by atoms with Crippen LogP contribution in [0.4, 0.5) is 5.69 Å². The lowest BCUT2D eigenvalue weighted by atomic mass is 10.3. The van der Waals surface area contributed by atoms with Crippen molar-refractivity contribution in [3.05, 3.63) is 65.4 Å². The maximum Gasteiger partial charge on any atom is 0.267 e. The summed E-state index contributed by atoms with van der Waals surface area (Å²) in [5, 5.41) is 3.71. The number of benzene rings is 1. The summed E-state index contributed by atoms with van der Waals surface area (Å²) < 4.78 is 0. The van der Waals surface area contributed by atoms with Crippen LogP contribution in [0, 0.1) is 6.92 Å². The second kappa shape index (κ2) is 5.85. The maximum absolute atomic E-state index is 12.3. The van der Waals surface area contributed by atoms with Gasteiger partial charge in [0.25, 0.3) is 5.91 Å². The van der Waals surface area contributed by atoms with Crippen molar-refractivity contribution in [3.8, 4) is 10.6 Å². The second-order valence-corrected chi connectivity index (χ2v) is 5.49. The Morgan fingerprint density at radius 1 is 1.10 bits per heavy atom. The number of rotatable bonds is 3. The highest BCUT2D eigenvalue weighted by molar-refractivity contribution is 7.17. The summed E-state index contributed by atoms with van der Waals surface area (Å²) in [4.78, 5) is 21.4. The average Bonchev–Trinajstić information content (AvgIpc) is 2.91. The molecule has 3 aromatic rings. The van der Waals surface area contributed by atoms with Crippen molar-refractivity contribution in [2.75, 3.05) is 5.32 Å². The molecule has 1 N–H and O–H groups in total. The first-order chi connectivity index (χ1) is 10.2. The first kappa shape index (κ1) is 13.5. The Hall–Kier alpha value is -2.53.